The standard InChI is InChI=1S/C15H19N3O2/c16-11(7-9-3-1-2-4-9)10-5-6-12-13(8-10)18-15(20)14(19)17-12/h5-6,8-9,11H,1-4,7,16H2,(H,17,19)(H,18,20). The minimum atomic E-state index is -0.626. The zero-order valence-corrected chi connectivity index (χ0v) is 11.3. The van der Waals surface area contributed by atoms with E-state index in [1.165, 1.54) is 25.7 Å². The summed E-state index contributed by atoms with van der Waals surface area (Å²) in [4.78, 5) is 27.8. The molecule has 0 radical (unpaired) electrons. The van der Waals surface area contributed by atoms with Crippen LogP contribution in [0.5, 0.6) is 0 Å². The van der Waals surface area contributed by atoms with Crippen molar-refractivity contribution in [3.05, 3.63) is 44.5 Å². The molecule has 1 unspecified atom stereocenters. The summed E-state index contributed by atoms with van der Waals surface area (Å²) < 4.78 is 0. The van der Waals surface area contributed by atoms with Gasteiger partial charge in [-0.3, -0.25) is 9.59 Å². The number of benzene rings is 1. The number of aromatic amines is 2. The first-order valence-electron chi connectivity index (χ1n) is 7.15. The number of aromatic nitrogens is 2. The van der Waals surface area contributed by atoms with E-state index in [2.05, 4.69) is 9.97 Å². The van der Waals surface area contributed by atoms with Crippen LogP contribution in [-0.4, -0.2) is 9.97 Å². The second-order valence-electron chi connectivity index (χ2n) is 5.71. The summed E-state index contributed by atoms with van der Waals surface area (Å²) in [5, 5.41) is 0. The van der Waals surface area contributed by atoms with Gasteiger partial charge in [0.25, 0.3) is 0 Å². The molecule has 0 bridgehead atoms. The van der Waals surface area contributed by atoms with Gasteiger partial charge >= 0.3 is 11.1 Å². The van der Waals surface area contributed by atoms with Gasteiger partial charge in [-0.05, 0) is 30.0 Å². The molecule has 2 aromatic rings. The van der Waals surface area contributed by atoms with Crippen LogP contribution in [0.4, 0.5) is 0 Å². The van der Waals surface area contributed by atoms with Gasteiger partial charge in [-0.15, -0.1) is 0 Å². The van der Waals surface area contributed by atoms with Crippen LogP contribution in [0, 0.1) is 5.92 Å². The second kappa shape index (κ2) is 5.25. The van der Waals surface area contributed by atoms with E-state index >= 15 is 0 Å². The summed E-state index contributed by atoms with van der Waals surface area (Å²) >= 11 is 0. The lowest BCUT2D eigenvalue weighted by atomic mass is 9.94. The van der Waals surface area contributed by atoms with Crippen molar-refractivity contribution in [3.8, 4) is 0 Å². The third kappa shape index (κ3) is 2.54. The molecular weight excluding hydrogens is 254 g/mol. The highest BCUT2D eigenvalue weighted by atomic mass is 16.2. The molecule has 0 spiro atoms. The summed E-state index contributed by atoms with van der Waals surface area (Å²) in [5.74, 6) is 0.718. The molecule has 1 saturated carbocycles. The summed E-state index contributed by atoms with van der Waals surface area (Å²) in [6.45, 7) is 0. The second-order valence-corrected chi connectivity index (χ2v) is 5.71. The maximum absolute atomic E-state index is 11.4. The lowest BCUT2D eigenvalue weighted by molar-refractivity contribution is 0.451. The highest BCUT2D eigenvalue weighted by molar-refractivity contribution is 5.74. The van der Waals surface area contributed by atoms with Gasteiger partial charge in [0.05, 0.1) is 11.0 Å². The smallest absolute Gasteiger partial charge is 0.314 e. The number of fused-ring (bicyclic) bond motifs is 1. The van der Waals surface area contributed by atoms with E-state index < -0.39 is 11.1 Å². The van der Waals surface area contributed by atoms with Gasteiger partial charge < -0.3 is 15.7 Å². The quantitative estimate of drug-likeness (QED) is 0.744. The molecule has 1 aliphatic rings. The summed E-state index contributed by atoms with van der Waals surface area (Å²) in [5.41, 5.74) is 7.29. The Hall–Kier alpha value is -1.88. The van der Waals surface area contributed by atoms with Gasteiger partial charge in [0.15, 0.2) is 0 Å². The van der Waals surface area contributed by atoms with Crippen LogP contribution >= 0.6 is 0 Å². The van der Waals surface area contributed by atoms with E-state index in [-0.39, 0.29) is 6.04 Å². The maximum atomic E-state index is 11.4. The van der Waals surface area contributed by atoms with Crippen LogP contribution in [0.25, 0.3) is 11.0 Å². The van der Waals surface area contributed by atoms with Crippen molar-refractivity contribution in [2.24, 2.45) is 11.7 Å². The monoisotopic (exact) mass is 273 g/mol. The van der Waals surface area contributed by atoms with Gasteiger partial charge in [0.2, 0.25) is 0 Å². The molecule has 1 aromatic carbocycles. The van der Waals surface area contributed by atoms with Crippen LogP contribution in [0.2, 0.25) is 0 Å². The molecular formula is C15H19N3O2. The van der Waals surface area contributed by atoms with E-state index in [4.69, 9.17) is 5.73 Å². The van der Waals surface area contributed by atoms with Crippen LogP contribution < -0.4 is 16.9 Å². The number of hydrogen-bond donors (Lipinski definition) is 3. The van der Waals surface area contributed by atoms with E-state index in [1.54, 1.807) is 6.07 Å². The molecule has 5 nitrogen and oxygen atoms in total. The Bertz CT molecular complexity index is 726. The van der Waals surface area contributed by atoms with Crippen molar-refractivity contribution >= 4 is 11.0 Å². The predicted octanol–water partition coefficient (Wildman–Crippen LogP) is 1.80. The SMILES string of the molecule is NC(CC1CCCC1)c1ccc2[nH]c(=O)c(=O)[nH]c2c1. The van der Waals surface area contributed by atoms with E-state index in [9.17, 15) is 9.59 Å². The largest absolute Gasteiger partial charge is 0.324 e. The van der Waals surface area contributed by atoms with E-state index in [1.807, 2.05) is 12.1 Å². The lowest BCUT2D eigenvalue weighted by Gasteiger charge is -2.17. The predicted molar refractivity (Wildman–Crippen MR) is 78.7 cm³/mol. The molecule has 0 amide bonds. The van der Waals surface area contributed by atoms with Gasteiger partial charge in [0, 0.05) is 6.04 Å². The molecule has 1 atom stereocenters. The van der Waals surface area contributed by atoms with Gasteiger partial charge in [-0.25, -0.2) is 0 Å². The zero-order valence-electron chi connectivity index (χ0n) is 11.3. The molecule has 0 aliphatic heterocycles. The molecule has 106 valence electrons. The summed E-state index contributed by atoms with van der Waals surface area (Å²) in [7, 11) is 0. The van der Waals surface area contributed by atoms with Crippen molar-refractivity contribution in [3.63, 3.8) is 0 Å². The highest BCUT2D eigenvalue weighted by Crippen LogP contribution is 2.32. The molecule has 20 heavy (non-hydrogen) atoms. The average Bonchev–Trinajstić information content (AvgIpc) is 2.92. The molecule has 1 aromatic heterocycles. The molecule has 1 heterocycles. The Kier molecular flexibility index (Phi) is 3.44. The molecule has 0 saturated heterocycles. The number of nitrogens with one attached hydrogen (secondary N) is 2. The number of nitrogens with two attached hydrogens (primary N) is 1. The highest BCUT2D eigenvalue weighted by Gasteiger charge is 2.19. The third-order valence-corrected chi connectivity index (χ3v) is 4.24. The first-order valence-corrected chi connectivity index (χ1v) is 7.15. The molecule has 4 N–H and O–H groups in total. The Morgan fingerprint density at radius 2 is 1.75 bits per heavy atom. The van der Waals surface area contributed by atoms with Gasteiger partial charge in [-0.2, -0.15) is 0 Å². The minimum absolute atomic E-state index is 0.0158. The molecule has 1 aliphatic carbocycles. The van der Waals surface area contributed by atoms with Gasteiger partial charge in [0.1, 0.15) is 0 Å². The molecule has 5 heteroatoms. The Morgan fingerprint density at radius 3 is 2.45 bits per heavy atom. The minimum Gasteiger partial charge on any atom is -0.324 e. The van der Waals surface area contributed by atoms with Crippen LogP contribution in [-0.2, 0) is 0 Å². The van der Waals surface area contributed by atoms with Crippen LogP contribution in [0.1, 0.15) is 43.7 Å². The average molecular weight is 273 g/mol. The van der Waals surface area contributed by atoms with Gasteiger partial charge in [-0.1, -0.05) is 31.7 Å². The zero-order chi connectivity index (χ0) is 14.1. The molecule has 3 rings (SSSR count). The Labute approximate surface area is 116 Å². The van der Waals surface area contributed by atoms with E-state index in [0.717, 1.165) is 17.9 Å². The molecule has 1 fully saturated rings. The van der Waals surface area contributed by atoms with Crippen molar-refractivity contribution in [2.75, 3.05) is 0 Å². The lowest BCUT2D eigenvalue weighted by Crippen LogP contribution is -2.29. The van der Waals surface area contributed by atoms with Crippen molar-refractivity contribution < 1.29 is 0 Å². The fourth-order valence-corrected chi connectivity index (χ4v) is 3.10. The Balaban J connectivity index is 1.89. The van der Waals surface area contributed by atoms with Crippen molar-refractivity contribution in [1.82, 2.24) is 9.97 Å². The summed E-state index contributed by atoms with van der Waals surface area (Å²) in [6, 6.07) is 5.58. The third-order valence-electron chi connectivity index (χ3n) is 4.24. The number of rotatable bonds is 3. The number of hydrogen-bond acceptors (Lipinski definition) is 3. The summed E-state index contributed by atoms with van der Waals surface area (Å²) in [6.07, 6.45) is 6.14. The Morgan fingerprint density at radius 1 is 1.10 bits per heavy atom. The first-order chi connectivity index (χ1) is 9.63. The number of H-pyrrole nitrogens is 2. The fourth-order valence-electron chi connectivity index (χ4n) is 3.10. The van der Waals surface area contributed by atoms with E-state index in [0.29, 0.717) is 11.0 Å². The first kappa shape index (κ1) is 13.1. The van der Waals surface area contributed by atoms with Crippen LogP contribution in [0.3, 0.4) is 0 Å². The van der Waals surface area contributed by atoms with Crippen molar-refractivity contribution in [2.45, 2.75) is 38.1 Å². The maximum Gasteiger partial charge on any atom is 0.314 e. The fraction of sp³-hybridized carbons (Fsp3) is 0.467. The normalized spacial score (nSPS) is 17.6. The topological polar surface area (TPSA) is 91.7 Å². The van der Waals surface area contributed by atoms with Crippen molar-refractivity contribution in [1.29, 1.82) is 0 Å². The van der Waals surface area contributed by atoms with Crippen LogP contribution in [0.15, 0.2) is 27.8 Å².